The van der Waals surface area contributed by atoms with Crippen LogP contribution in [0.2, 0.25) is 0 Å². The Labute approximate surface area is 431 Å². The minimum absolute atomic E-state index is 0. The van der Waals surface area contributed by atoms with Crippen LogP contribution in [0.3, 0.4) is 0 Å². The van der Waals surface area contributed by atoms with Crippen molar-refractivity contribution in [2.45, 2.75) is 55.9 Å². The molecule has 0 saturated carbocycles. The summed E-state index contributed by atoms with van der Waals surface area (Å²) in [7, 11) is 4.13. The fourth-order valence-corrected chi connectivity index (χ4v) is 9.48. The minimum atomic E-state index is -2.07. The van der Waals surface area contributed by atoms with Crippen LogP contribution in [-0.4, -0.2) is 57.6 Å². The molecule has 0 amide bonds. The Kier molecular flexibility index (Phi) is 34.6. The lowest BCUT2D eigenvalue weighted by atomic mass is 10.2. The van der Waals surface area contributed by atoms with Crippen molar-refractivity contribution >= 4 is 59.1 Å². The van der Waals surface area contributed by atoms with E-state index in [1.807, 2.05) is 123 Å². The van der Waals surface area contributed by atoms with Crippen LogP contribution in [0.15, 0.2) is 258 Å². The summed E-state index contributed by atoms with van der Waals surface area (Å²) in [6, 6.07) is 43.5. The third kappa shape index (κ3) is 26.2. The van der Waals surface area contributed by atoms with Gasteiger partial charge in [-0.1, -0.05) is 243 Å². The predicted octanol–water partition coefficient (Wildman–Crippen LogP) is 13.1. The second kappa shape index (κ2) is 38.9. The van der Waals surface area contributed by atoms with Gasteiger partial charge >= 0.3 is 17.9 Å². The molecule has 0 radical (unpaired) electrons. The summed E-state index contributed by atoms with van der Waals surface area (Å²) in [5.41, 5.74) is 5.10. The van der Waals surface area contributed by atoms with Gasteiger partial charge in [0.2, 0.25) is 0 Å². The van der Waals surface area contributed by atoms with E-state index in [0.29, 0.717) is 27.9 Å². The van der Waals surface area contributed by atoms with E-state index >= 15 is 0 Å². The first-order valence-electron chi connectivity index (χ1n) is 22.7. The Hall–Kier alpha value is -7.93. The average Bonchev–Trinajstić information content (AvgIpc) is 3.42. The molecule has 0 atom stereocenters. The van der Waals surface area contributed by atoms with Crippen molar-refractivity contribution in [3.63, 3.8) is 0 Å². The SMILES string of the molecule is C.COC(=O)/C(C)=C/C=C/C(C)=C/C=C/C=C(C)/C=C/C=C(\C)C(=O)OC.COC(=O)/C(C)=C/C=P(c1ccccc1)(c1ccccc1)c1ccccc1.C\C(C=O)=C/C=C/C=C(\C)C=O.[2HH].c1ccccc1. The molecule has 0 N–H and O–H groups in total. The molecular formula is C63H75O8P. The Morgan fingerprint density at radius 1 is 0.375 bits per heavy atom. The van der Waals surface area contributed by atoms with E-state index in [2.05, 4.69) is 88.1 Å². The number of ether oxygens (including phenoxy) is 3. The molecule has 0 bridgehead atoms. The summed E-state index contributed by atoms with van der Waals surface area (Å²) in [6.07, 6.45) is 28.9. The maximum absolute atomic E-state index is 11.9. The normalized spacial score (nSPS) is 12.6. The standard InChI is InChI=1S/C24H23O2P.C22H28O4.C10H12O2.C6H6.CH4.H2/c1-20(24(25)26-2)18-19-27(21-12-6-3-7-13-21,22-14-8-4-9-15-22)23-16-10-5-11-17-23;1-17(13-9-15-19(3)21(23)25-5)11-7-8-12-18(2)14-10-16-20(4)22(24)26-6;1-9(7-11)5-3-4-6-10(2)8-12;1-2-4-6-5-3-1;;/h3-19H,1-2H3;7-16H,1-6H3;3-8H,1-2H3;1-6H;1H4;1H/b20-18+;8-7+,13-9+,14-10+,17-11+,18-12+,19-15+,20-16+;4-3+,9-5+,10-6+;;;/i;;;;;1+1. The van der Waals surface area contributed by atoms with E-state index in [1.54, 1.807) is 71.1 Å². The van der Waals surface area contributed by atoms with Gasteiger partial charge in [-0.3, -0.25) is 9.59 Å². The number of carbonyl (C=O) groups is 5. The summed E-state index contributed by atoms with van der Waals surface area (Å²) < 4.78 is 14.1. The second-order valence-corrected chi connectivity index (χ2v) is 18.7. The maximum atomic E-state index is 11.9. The van der Waals surface area contributed by atoms with Crippen LogP contribution in [0.4, 0.5) is 0 Å². The molecule has 4 aromatic rings. The van der Waals surface area contributed by atoms with Crippen LogP contribution >= 0.6 is 6.89 Å². The highest BCUT2D eigenvalue weighted by Crippen LogP contribution is 2.43. The number of hydrogen-bond donors (Lipinski definition) is 0. The molecule has 0 fully saturated rings. The Bertz CT molecular complexity index is 2460. The number of aldehydes is 2. The van der Waals surface area contributed by atoms with Crippen LogP contribution in [0.25, 0.3) is 0 Å². The van der Waals surface area contributed by atoms with Crippen LogP contribution in [0, 0.1) is 0 Å². The Balaban J connectivity index is 0. The van der Waals surface area contributed by atoms with Crippen molar-refractivity contribution in [1.82, 2.24) is 0 Å². The second-order valence-electron chi connectivity index (χ2n) is 15.4. The fourth-order valence-electron chi connectivity index (χ4n) is 5.70. The zero-order valence-corrected chi connectivity index (χ0v) is 43.6. The number of carbonyl (C=O) groups excluding carboxylic acids is 5. The highest BCUT2D eigenvalue weighted by Gasteiger charge is 2.24. The van der Waals surface area contributed by atoms with Crippen LogP contribution in [-0.2, 0) is 38.2 Å². The van der Waals surface area contributed by atoms with Gasteiger partial charge in [-0.2, -0.15) is 0 Å². The first-order valence-corrected chi connectivity index (χ1v) is 24.5. The molecule has 72 heavy (non-hydrogen) atoms. The third-order valence-corrected chi connectivity index (χ3v) is 13.6. The zero-order valence-electron chi connectivity index (χ0n) is 42.7. The van der Waals surface area contributed by atoms with E-state index in [0.717, 1.165) is 23.7 Å². The van der Waals surface area contributed by atoms with Crippen molar-refractivity contribution in [3.8, 4) is 0 Å². The molecule has 0 aliphatic heterocycles. The van der Waals surface area contributed by atoms with E-state index in [4.69, 9.17) is 4.74 Å². The van der Waals surface area contributed by atoms with E-state index in [1.165, 1.54) is 37.2 Å². The van der Waals surface area contributed by atoms with E-state index in [9.17, 15) is 24.0 Å². The molecule has 0 aliphatic rings. The van der Waals surface area contributed by atoms with Crippen molar-refractivity contribution in [3.05, 3.63) is 258 Å². The first kappa shape index (κ1) is 64.1. The minimum Gasteiger partial charge on any atom is -0.466 e. The molecule has 4 aromatic carbocycles. The summed E-state index contributed by atoms with van der Waals surface area (Å²) in [6.45, 7) is 10.5. The molecule has 0 saturated heterocycles. The van der Waals surface area contributed by atoms with E-state index in [-0.39, 0.29) is 26.8 Å². The molecule has 4 rings (SSSR count). The number of esters is 3. The highest BCUT2D eigenvalue weighted by molar-refractivity contribution is 7.94. The predicted molar refractivity (Wildman–Crippen MR) is 308 cm³/mol. The van der Waals surface area contributed by atoms with Crippen LogP contribution in [0.1, 0.15) is 57.3 Å². The van der Waals surface area contributed by atoms with Crippen LogP contribution < -0.4 is 15.9 Å². The van der Waals surface area contributed by atoms with Gasteiger partial charge in [-0.25, -0.2) is 14.4 Å². The largest absolute Gasteiger partial charge is 0.466 e. The molecule has 0 unspecified atom stereocenters. The lowest BCUT2D eigenvalue weighted by Crippen LogP contribution is -2.26. The van der Waals surface area contributed by atoms with Crippen molar-refractivity contribution in [1.29, 1.82) is 0 Å². The van der Waals surface area contributed by atoms with Gasteiger partial charge in [0.1, 0.15) is 12.6 Å². The fraction of sp³-hybridized carbons (Fsp3) is 0.175. The summed E-state index contributed by atoms with van der Waals surface area (Å²) in [5, 5.41) is 3.74. The molecule has 0 aliphatic carbocycles. The lowest BCUT2D eigenvalue weighted by molar-refractivity contribution is -0.136. The van der Waals surface area contributed by atoms with Crippen molar-refractivity contribution < 1.29 is 39.6 Å². The summed E-state index contributed by atoms with van der Waals surface area (Å²) >= 11 is 0. The van der Waals surface area contributed by atoms with E-state index < -0.39 is 6.89 Å². The molecule has 8 nitrogen and oxygen atoms in total. The van der Waals surface area contributed by atoms with Gasteiger partial charge in [-0.05, 0) is 82.4 Å². The smallest absolute Gasteiger partial charge is 0.333 e. The Morgan fingerprint density at radius 2 is 0.625 bits per heavy atom. The van der Waals surface area contributed by atoms with Gasteiger partial charge in [0.25, 0.3) is 0 Å². The van der Waals surface area contributed by atoms with Gasteiger partial charge in [0, 0.05) is 18.1 Å². The molecule has 0 spiro atoms. The monoisotopic (exact) mass is 992 g/mol. The third-order valence-electron chi connectivity index (χ3n) is 9.67. The zero-order chi connectivity index (χ0) is 52.7. The first-order chi connectivity index (χ1) is 34.2. The molecule has 0 heterocycles. The summed E-state index contributed by atoms with van der Waals surface area (Å²) in [5.74, 6) is 1.24. The van der Waals surface area contributed by atoms with Gasteiger partial charge in [0.05, 0.1) is 21.3 Å². The Morgan fingerprint density at radius 3 is 0.889 bits per heavy atom. The lowest BCUT2D eigenvalue weighted by Gasteiger charge is -2.28. The maximum Gasteiger partial charge on any atom is 0.333 e. The number of allylic oxidation sites excluding steroid dienone is 19. The van der Waals surface area contributed by atoms with Crippen molar-refractivity contribution in [2.75, 3.05) is 21.3 Å². The number of rotatable bonds is 17. The molecular weight excluding hydrogens is 916 g/mol. The quantitative estimate of drug-likeness (QED) is 0.0257. The number of benzene rings is 4. The molecule has 0 aromatic heterocycles. The van der Waals surface area contributed by atoms with Gasteiger partial charge in [0.15, 0.2) is 0 Å². The van der Waals surface area contributed by atoms with Gasteiger partial charge in [-0.15, -0.1) is 0 Å². The number of hydrogen-bond acceptors (Lipinski definition) is 8. The van der Waals surface area contributed by atoms with Crippen LogP contribution in [0.5, 0.6) is 0 Å². The summed E-state index contributed by atoms with van der Waals surface area (Å²) in [4.78, 5) is 54.6. The topological polar surface area (TPSA) is 113 Å². The highest BCUT2D eigenvalue weighted by atomic mass is 31.2. The van der Waals surface area contributed by atoms with Gasteiger partial charge < -0.3 is 14.2 Å². The number of methoxy groups -OCH3 is 3. The molecule has 9 heteroatoms. The average molecular weight is 992 g/mol. The van der Waals surface area contributed by atoms with Crippen molar-refractivity contribution in [2.24, 2.45) is 0 Å². The molecule has 380 valence electrons.